The molecule has 142 valence electrons. The first kappa shape index (κ1) is 20.4. The molecule has 3 aromatic rings. The van der Waals surface area contributed by atoms with Crippen LogP contribution in [-0.4, -0.2) is 26.4 Å². The maximum atomic E-state index is 12.3. The Morgan fingerprint density at radius 3 is 2.70 bits per heavy atom. The second kappa shape index (κ2) is 8.81. The summed E-state index contributed by atoms with van der Waals surface area (Å²) >= 11 is 14.1. The minimum atomic E-state index is -0.176. The highest BCUT2D eigenvalue weighted by Gasteiger charge is 2.20. The summed E-state index contributed by atoms with van der Waals surface area (Å²) in [5, 5.41) is 12.4. The fourth-order valence-corrected chi connectivity index (χ4v) is 4.25. The summed E-state index contributed by atoms with van der Waals surface area (Å²) in [5.41, 5.74) is 0.567. The zero-order valence-electron chi connectivity index (χ0n) is 14.4. The van der Waals surface area contributed by atoms with E-state index < -0.39 is 0 Å². The molecule has 1 amide bonds. The Labute approximate surface area is 182 Å². The van der Waals surface area contributed by atoms with E-state index in [9.17, 15) is 4.79 Å². The molecular weight excluding hydrogens is 520 g/mol. The number of halogens is 3. The predicted octanol–water partition coefficient (Wildman–Crippen LogP) is 6.03. The Morgan fingerprint density at radius 2 is 2.07 bits per heavy atom. The van der Waals surface area contributed by atoms with Crippen LogP contribution in [0.5, 0.6) is 0 Å². The molecule has 2 heterocycles. The molecule has 1 aromatic carbocycles. The molecule has 0 saturated carbocycles. The summed E-state index contributed by atoms with van der Waals surface area (Å²) in [6.45, 7) is 4.05. The number of carbonyl (C=O) groups is 1. The molecule has 0 radical (unpaired) electrons. The number of rotatable bonds is 6. The number of hydrogen-bond donors (Lipinski definition) is 1. The van der Waals surface area contributed by atoms with Crippen LogP contribution in [-0.2, 0) is 4.79 Å². The van der Waals surface area contributed by atoms with Crippen LogP contribution in [0, 0.1) is 0 Å². The first-order valence-electron chi connectivity index (χ1n) is 7.93. The van der Waals surface area contributed by atoms with Crippen molar-refractivity contribution in [3.8, 4) is 11.6 Å². The molecule has 0 unspecified atom stereocenters. The Morgan fingerprint density at radius 1 is 1.30 bits per heavy atom. The summed E-state index contributed by atoms with van der Waals surface area (Å²) in [4.78, 5) is 12.3. The molecule has 10 heteroatoms. The Hall–Kier alpha value is -1.29. The van der Waals surface area contributed by atoms with Gasteiger partial charge in [-0.2, -0.15) is 0 Å². The number of furan rings is 1. The number of carbonyl (C=O) groups excluding carboxylic acids is 1. The van der Waals surface area contributed by atoms with E-state index in [1.165, 1.54) is 11.8 Å². The van der Waals surface area contributed by atoms with E-state index in [2.05, 4.69) is 47.4 Å². The predicted molar refractivity (Wildman–Crippen MR) is 114 cm³/mol. The van der Waals surface area contributed by atoms with Crippen LogP contribution in [0.25, 0.3) is 11.6 Å². The van der Waals surface area contributed by atoms with E-state index in [4.69, 9.17) is 16.0 Å². The smallest absolute Gasteiger partial charge is 0.234 e. The Bertz CT molecular complexity index is 974. The van der Waals surface area contributed by atoms with Crippen LogP contribution >= 0.6 is 55.2 Å². The van der Waals surface area contributed by atoms with Crippen LogP contribution < -0.4 is 5.32 Å². The number of nitrogens with one attached hydrogen (secondary N) is 1. The fourth-order valence-electron chi connectivity index (χ4n) is 2.35. The van der Waals surface area contributed by atoms with Crippen molar-refractivity contribution in [1.29, 1.82) is 0 Å². The average molecular weight is 535 g/mol. The number of thioether (sulfide) groups is 1. The fraction of sp³-hybridized carbons (Fsp3) is 0.235. The lowest BCUT2D eigenvalue weighted by atomic mass is 10.3. The Kier molecular flexibility index (Phi) is 6.67. The number of benzene rings is 1. The van der Waals surface area contributed by atoms with Gasteiger partial charge in [0.2, 0.25) is 11.7 Å². The number of anilines is 1. The van der Waals surface area contributed by atoms with Crippen LogP contribution in [0.1, 0.15) is 19.9 Å². The minimum absolute atomic E-state index is 0.102. The molecular formula is C17H15Br2ClN4O2S. The molecule has 6 nitrogen and oxygen atoms in total. The van der Waals surface area contributed by atoms with E-state index in [-0.39, 0.29) is 17.7 Å². The highest BCUT2D eigenvalue weighted by molar-refractivity contribution is 9.10. The molecule has 27 heavy (non-hydrogen) atoms. The van der Waals surface area contributed by atoms with Crippen LogP contribution in [0.4, 0.5) is 5.69 Å². The first-order chi connectivity index (χ1) is 12.8. The average Bonchev–Trinajstić information content (AvgIpc) is 3.21. The summed E-state index contributed by atoms with van der Waals surface area (Å²) in [7, 11) is 0. The van der Waals surface area contributed by atoms with Crippen molar-refractivity contribution < 1.29 is 9.21 Å². The molecule has 1 N–H and O–H groups in total. The molecule has 0 bridgehead atoms. The standard InChI is InChI=1S/C17H15Br2ClN4O2S/c1-9(2)24-16(13-5-6-14(19)26-13)22-23-17(24)27-8-15(25)21-12-4-3-10(18)7-11(12)20/h3-7,9H,8H2,1-2H3,(H,21,25). The maximum absolute atomic E-state index is 12.3. The van der Waals surface area contributed by atoms with Gasteiger partial charge >= 0.3 is 0 Å². The lowest BCUT2D eigenvalue weighted by Crippen LogP contribution is -2.15. The third kappa shape index (κ3) is 4.96. The molecule has 0 aliphatic carbocycles. The third-order valence-electron chi connectivity index (χ3n) is 3.51. The molecule has 0 fully saturated rings. The van der Waals surface area contributed by atoms with E-state index in [1.807, 2.05) is 30.5 Å². The van der Waals surface area contributed by atoms with Gasteiger partial charge in [0.15, 0.2) is 15.6 Å². The SMILES string of the molecule is CC(C)n1c(SCC(=O)Nc2ccc(Br)cc2Cl)nnc1-c1ccc(Br)o1. The van der Waals surface area contributed by atoms with Crippen LogP contribution in [0.3, 0.4) is 0 Å². The van der Waals surface area contributed by atoms with Gasteiger partial charge in [0, 0.05) is 10.5 Å². The maximum Gasteiger partial charge on any atom is 0.234 e. The van der Waals surface area contributed by atoms with E-state index in [0.717, 1.165) is 4.47 Å². The first-order valence-corrected chi connectivity index (χ1v) is 10.9. The summed E-state index contributed by atoms with van der Waals surface area (Å²) in [6, 6.07) is 9.02. The number of nitrogens with zero attached hydrogens (tertiary/aromatic N) is 3. The zero-order valence-corrected chi connectivity index (χ0v) is 19.1. The molecule has 0 spiro atoms. The number of aromatic nitrogens is 3. The van der Waals surface area contributed by atoms with Gasteiger partial charge in [-0.3, -0.25) is 9.36 Å². The van der Waals surface area contributed by atoms with Crippen molar-refractivity contribution in [1.82, 2.24) is 14.8 Å². The third-order valence-corrected chi connectivity index (χ3v) is 5.69. The largest absolute Gasteiger partial charge is 0.446 e. The summed E-state index contributed by atoms with van der Waals surface area (Å²) < 4.78 is 9.00. The summed E-state index contributed by atoms with van der Waals surface area (Å²) in [5.74, 6) is 1.24. The van der Waals surface area contributed by atoms with Crippen molar-refractivity contribution >= 4 is 66.8 Å². The monoisotopic (exact) mass is 532 g/mol. The van der Waals surface area contributed by atoms with E-state index in [1.54, 1.807) is 18.2 Å². The van der Waals surface area contributed by atoms with Crippen molar-refractivity contribution in [2.45, 2.75) is 25.0 Å². The number of amides is 1. The normalized spacial score (nSPS) is 11.2. The van der Waals surface area contributed by atoms with Gasteiger partial charge in [0.25, 0.3) is 0 Å². The van der Waals surface area contributed by atoms with Gasteiger partial charge in [0.05, 0.1) is 16.5 Å². The second-order valence-corrected chi connectivity index (χ2v) is 8.88. The van der Waals surface area contributed by atoms with Gasteiger partial charge in [0.1, 0.15) is 0 Å². The van der Waals surface area contributed by atoms with Crippen LogP contribution in [0.2, 0.25) is 5.02 Å². The molecule has 0 aliphatic rings. The highest BCUT2D eigenvalue weighted by Crippen LogP contribution is 2.30. The van der Waals surface area contributed by atoms with Crippen LogP contribution in [0.15, 0.2) is 49.0 Å². The Balaban J connectivity index is 1.72. The highest BCUT2D eigenvalue weighted by atomic mass is 79.9. The van der Waals surface area contributed by atoms with Gasteiger partial charge in [-0.1, -0.05) is 39.3 Å². The summed E-state index contributed by atoms with van der Waals surface area (Å²) in [6.07, 6.45) is 0. The zero-order chi connectivity index (χ0) is 19.6. The van der Waals surface area contributed by atoms with Gasteiger partial charge in [-0.05, 0) is 60.1 Å². The van der Waals surface area contributed by atoms with E-state index in [0.29, 0.717) is 32.1 Å². The van der Waals surface area contributed by atoms with Gasteiger partial charge in [-0.25, -0.2) is 0 Å². The minimum Gasteiger partial charge on any atom is -0.446 e. The molecule has 0 aliphatic heterocycles. The molecule has 3 rings (SSSR count). The molecule has 0 atom stereocenters. The second-order valence-electron chi connectivity index (χ2n) is 5.83. The number of hydrogen-bond acceptors (Lipinski definition) is 5. The van der Waals surface area contributed by atoms with Crippen molar-refractivity contribution in [2.75, 3.05) is 11.1 Å². The topological polar surface area (TPSA) is 73.0 Å². The van der Waals surface area contributed by atoms with E-state index >= 15 is 0 Å². The van der Waals surface area contributed by atoms with Gasteiger partial charge < -0.3 is 9.73 Å². The van der Waals surface area contributed by atoms with Crippen molar-refractivity contribution in [3.05, 3.63) is 44.5 Å². The molecule has 0 saturated heterocycles. The van der Waals surface area contributed by atoms with Crippen molar-refractivity contribution in [3.63, 3.8) is 0 Å². The lowest BCUT2D eigenvalue weighted by molar-refractivity contribution is -0.113. The van der Waals surface area contributed by atoms with Crippen molar-refractivity contribution in [2.24, 2.45) is 0 Å². The quantitative estimate of drug-likeness (QED) is 0.391. The van der Waals surface area contributed by atoms with Gasteiger partial charge in [-0.15, -0.1) is 10.2 Å². The molecule has 2 aromatic heterocycles. The lowest BCUT2D eigenvalue weighted by Gasteiger charge is -2.12.